The van der Waals surface area contributed by atoms with Crippen LogP contribution >= 0.6 is 21.6 Å². The summed E-state index contributed by atoms with van der Waals surface area (Å²) in [7, 11) is 3.04. The number of nitrogens with two attached hydrogens (primary N) is 2. The van der Waals surface area contributed by atoms with Crippen LogP contribution in [-0.2, 0) is 0 Å². The monoisotopic (exact) mass is 190 g/mol. The molecule has 1 aliphatic heterocycles. The van der Waals surface area contributed by atoms with E-state index in [1.165, 1.54) is 10.8 Å². The van der Waals surface area contributed by atoms with Crippen LogP contribution in [0, 0.1) is 10.8 Å². The first kappa shape index (κ1) is 8.73. The average molecular weight is 190 g/mol. The first-order valence-electron chi connectivity index (χ1n) is 3.09. The minimum absolute atomic E-state index is 0.000000000000000222. The van der Waals surface area contributed by atoms with E-state index in [0.717, 1.165) is 5.75 Å². The normalized spacial score (nSPS) is 30.2. The molecule has 1 aliphatic rings. The Morgan fingerprint density at radius 3 is 2.00 bits per heavy atom. The van der Waals surface area contributed by atoms with Gasteiger partial charge in [0.2, 0.25) is 0 Å². The highest BCUT2D eigenvalue weighted by molar-refractivity contribution is 8.78. The highest BCUT2D eigenvalue weighted by atomic mass is 33.1. The zero-order valence-electron chi connectivity index (χ0n) is 5.89. The topological polar surface area (TPSA) is 99.7 Å². The van der Waals surface area contributed by atoms with Gasteiger partial charge in [0, 0.05) is 5.75 Å². The van der Waals surface area contributed by atoms with Crippen LogP contribution in [-0.4, -0.2) is 22.2 Å². The molecule has 0 aliphatic carbocycles. The predicted octanol–water partition coefficient (Wildman–Crippen LogP) is 0.382. The molecule has 11 heavy (non-hydrogen) atoms. The molecule has 0 unspecified atom stereocenters. The third kappa shape index (κ3) is 1.32. The zero-order chi connectivity index (χ0) is 8.48. The van der Waals surface area contributed by atoms with Crippen molar-refractivity contribution in [2.75, 3.05) is 5.75 Å². The molecule has 1 rings (SSSR count). The van der Waals surface area contributed by atoms with Gasteiger partial charge < -0.3 is 11.5 Å². The van der Waals surface area contributed by atoms with Crippen LogP contribution in [0.2, 0.25) is 0 Å². The molecule has 0 spiro atoms. The number of amidine groups is 2. The van der Waals surface area contributed by atoms with Crippen molar-refractivity contribution in [2.24, 2.45) is 11.5 Å². The van der Waals surface area contributed by atoms with E-state index < -0.39 is 4.75 Å². The first-order chi connectivity index (χ1) is 5.09. The minimum atomic E-state index is -0.704. The second-order valence-corrected chi connectivity index (χ2v) is 5.02. The molecular weight excluding hydrogens is 180 g/mol. The molecule has 0 aromatic carbocycles. The van der Waals surface area contributed by atoms with Crippen LogP contribution < -0.4 is 11.5 Å². The van der Waals surface area contributed by atoms with Crippen molar-refractivity contribution >= 4 is 33.3 Å². The van der Waals surface area contributed by atoms with Crippen molar-refractivity contribution < 1.29 is 0 Å². The van der Waals surface area contributed by atoms with E-state index in [1.807, 2.05) is 0 Å². The maximum Gasteiger partial charge on any atom is 0.140 e. The fourth-order valence-electron chi connectivity index (χ4n) is 0.874. The first-order valence-corrected chi connectivity index (χ1v) is 5.41. The average Bonchev–Trinajstić information content (AvgIpc) is 2.34. The Morgan fingerprint density at radius 1 is 1.27 bits per heavy atom. The van der Waals surface area contributed by atoms with Gasteiger partial charge in [-0.2, -0.15) is 0 Å². The summed E-state index contributed by atoms with van der Waals surface area (Å²) >= 11 is 0. The van der Waals surface area contributed by atoms with Crippen molar-refractivity contribution in [1.82, 2.24) is 0 Å². The van der Waals surface area contributed by atoms with E-state index in [-0.39, 0.29) is 11.7 Å². The van der Waals surface area contributed by atoms with Gasteiger partial charge in [-0.05, 0) is 6.42 Å². The summed E-state index contributed by atoms with van der Waals surface area (Å²) in [6.07, 6.45) is 0.701. The Labute approximate surface area is 72.9 Å². The summed E-state index contributed by atoms with van der Waals surface area (Å²) in [5, 5.41) is 14.6. The number of nitrogens with one attached hydrogen (secondary N) is 2. The quantitative estimate of drug-likeness (QED) is 0.287. The summed E-state index contributed by atoms with van der Waals surface area (Å²) in [5.74, 6) is 0.907. The lowest BCUT2D eigenvalue weighted by molar-refractivity contribution is 0.902. The Morgan fingerprint density at radius 2 is 1.82 bits per heavy atom. The van der Waals surface area contributed by atoms with Crippen LogP contribution in [0.5, 0.6) is 0 Å². The molecule has 0 radical (unpaired) electrons. The van der Waals surface area contributed by atoms with E-state index in [2.05, 4.69) is 0 Å². The Bertz CT molecular complexity index is 181. The summed E-state index contributed by atoms with van der Waals surface area (Å²) < 4.78 is -0.704. The van der Waals surface area contributed by atoms with E-state index in [0.29, 0.717) is 6.42 Å². The summed E-state index contributed by atoms with van der Waals surface area (Å²) in [6, 6.07) is 0. The van der Waals surface area contributed by atoms with Gasteiger partial charge in [-0.25, -0.2) is 0 Å². The maximum atomic E-state index is 7.29. The zero-order valence-corrected chi connectivity index (χ0v) is 7.52. The van der Waals surface area contributed by atoms with E-state index in [9.17, 15) is 0 Å². The third-order valence-electron chi connectivity index (χ3n) is 1.61. The summed E-state index contributed by atoms with van der Waals surface area (Å²) in [4.78, 5) is 0. The van der Waals surface area contributed by atoms with Gasteiger partial charge >= 0.3 is 0 Å². The molecule has 4 nitrogen and oxygen atoms in total. The molecule has 0 atom stereocenters. The van der Waals surface area contributed by atoms with Crippen LogP contribution in [0.1, 0.15) is 6.42 Å². The fraction of sp³-hybridized carbons (Fsp3) is 0.600. The predicted molar refractivity (Wildman–Crippen MR) is 51.2 cm³/mol. The van der Waals surface area contributed by atoms with Crippen LogP contribution in [0.4, 0.5) is 0 Å². The molecule has 0 aromatic rings. The Kier molecular flexibility index (Phi) is 2.34. The van der Waals surface area contributed by atoms with E-state index >= 15 is 0 Å². The molecule has 0 saturated carbocycles. The number of hydrogen-bond donors (Lipinski definition) is 4. The summed E-state index contributed by atoms with van der Waals surface area (Å²) in [6.45, 7) is 0. The molecule has 6 N–H and O–H groups in total. The lowest BCUT2D eigenvalue weighted by Gasteiger charge is -2.23. The van der Waals surface area contributed by atoms with Gasteiger partial charge in [-0.15, -0.1) is 0 Å². The third-order valence-corrected chi connectivity index (χ3v) is 4.73. The van der Waals surface area contributed by atoms with Crippen LogP contribution in [0.15, 0.2) is 0 Å². The van der Waals surface area contributed by atoms with Gasteiger partial charge in [0.1, 0.15) is 16.4 Å². The molecule has 0 bridgehead atoms. The molecule has 62 valence electrons. The van der Waals surface area contributed by atoms with Gasteiger partial charge in [0.15, 0.2) is 0 Å². The highest BCUT2D eigenvalue weighted by Gasteiger charge is 2.42. The van der Waals surface area contributed by atoms with E-state index in [4.69, 9.17) is 22.3 Å². The fourth-order valence-corrected chi connectivity index (χ4v) is 3.93. The molecule has 0 amide bonds. The number of hydrogen-bond acceptors (Lipinski definition) is 4. The van der Waals surface area contributed by atoms with Gasteiger partial charge in [-0.1, -0.05) is 21.6 Å². The lowest BCUT2D eigenvalue weighted by Crippen LogP contribution is -2.49. The van der Waals surface area contributed by atoms with Gasteiger partial charge in [-0.3, -0.25) is 10.8 Å². The molecule has 1 heterocycles. The van der Waals surface area contributed by atoms with Gasteiger partial charge in [0.05, 0.1) is 0 Å². The second kappa shape index (κ2) is 2.94. The number of rotatable bonds is 2. The standard InChI is InChI=1S/C5H10N4S2/c6-3(7)5(4(8)9)1-2-10-11-5/h1-2H2,(H3,6,7)(H3,8,9). The van der Waals surface area contributed by atoms with Crippen molar-refractivity contribution in [3.63, 3.8) is 0 Å². The van der Waals surface area contributed by atoms with Crippen LogP contribution in [0.3, 0.4) is 0 Å². The Balaban J connectivity index is 2.87. The van der Waals surface area contributed by atoms with Crippen molar-refractivity contribution in [3.05, 3.63) is 0 Å². The Hall–Kier alpha value is -0.360. The lowest BCUT2D eigenvalue weighted by atomic mass is 10.0. The largest absolute Gasteiger partial charge is 0.386 e. The molecular formula is C5H10N4S2. The molecule has 6 heteroatoms. The molecule has 1 fully saturated rings. The second-order valence-electron chi connectivity index (χ2n) is 2.31. The SMILES string of the molecule is N=C(N)C1(C(=N)N)CCSS1. The van der Waals surface area contributed by atoms with Crippen molar-refractivity contribution in [2.45, 2.75) is 11.2 Å². The van der Waals surface area contributed by atoms with E-state index in [1.54, 1.807) is 10.8 Å². The summed E-state index contributed by atoms with van der Waals surface area (Å²) in [5.41, 5.74) is 10.7. The van der Waals surface area contributed by atoms with Crippen molar-refractivity contribution in [1.29, 1.82) is 10.8 Å². The maximum absolute atomic E-state index is 7.29. The molecule has 0 aromatic heterocycles. The highest BCUT2D eigenvalue weighted by Crippen LogP contribution is 2.46. The minimum Gasteiger partial charge on any atom is -0.386 e. The van der Waals surface area contributed by atoms with Crippen molar-refractivity contribution in [3.8, 4) is 0 Å². The molecule has 1 saturated heterocycles. The van der Waals surface area contributed by atoms with Gasteiger partial charge in [0.25, 0.3) is 0 Å². The van der Waals surface area contributed by atoms with Crippen LogP contribution in [0.25, 0.3) is 0 Å². The smallest absolute Gasteiger partial charge is 0.140 e.